The fourth-order valence-electron chi connectivity index (χ4n) is 3.15. The third-order valence-electron chi connectivity index (χ3n) is 4.62. The molecule has 0 bridgehead atoms. The molecule has 8 heteroatoms. The van der Waals surface area contributed by atoms with E-state index in [0.717, 1.165) is 11.3 Å². The fourth-order valence-corrected chi connectivity index (χ4v) is 3.28. The van der Waals surface area contributed by atoms with Crippen LogP contribution in [0.4, 0.5) is 4.39 Å². The summed E-state index contributed by atoms with van der Waals surface area (Å²) in [6, 6.07) is 15.4. The van der Waals surface area contributed by atoms with Gasteiger partial charge >= 0.3 is 0 Å². The third kappa shape index (κ3) is 3.19. The highest BCUT2D eigenvalue weighted by Crippen LogP contribution is 2.30. The first-order chi connectivity index (χ1) is 13.7. The molecule has 1 aliphatic heterocycles. The van der Waals surface area contributed by atoms with Crippen LogP contribution in [0.2, 0.25) is 5.02 Å². The predicted octanol–water partition coefficient (Wildman–Crippen LogP) is 4.66. The molecule has 4 aromatic rings. The van der Waals surface area contributed by atoms with E-state index < -0.39 is 0 Å². The maximum absolute atomic E-state index is 13.1. The first-order valence-electron chi connectivity index (χ1n) is 8.69. The minimum atomic E-state index is -0.315. The number of fused-ring (bicyclic) bond motifs is 1. The van der Waals surface area contributed by atoms with E-state index in [4.69, 9.17) is 20.9 Å². The minimum absolute atomic E-state index is 0.102. The average Bonchev–Trinajstić information content (AvgIpc) is 3.35. The third-order valence-corrected chi connectivity index (χ3v) is 4.88. The number of ether oxygens (including phenoxy) is 1. The summed E-state index contributed by atoms with van der Waals surface area (Å²) in [4.78, 5) is 4.38. The summed E-state index contributed by atoms with van der Waals surface area (Å²) in [6.45, 7) is 1.01. The van der Waals surface area contributed by atoms with Crippen LogP contribution in [-0.4, -0.2) is 19.9 Å². The molecule has 0 N–H and O–H groups in total. The first kappa shape index (κ1) is 17.1. The second kappa shape index (κ2) is 6.85. The Morgan fingerprint density at radius 3 is 2.64 bits per heavy atom. The second-order valence-corrected chi connectivity index (χ2v) is 6.92. The lowest BCUT2D eigenvalue weighted by molar-refractivity contribution is -0.00112. The quantitative estimate of drug-likeness (QED) is 0.503. The van der Waals surface area contributed by atoms with Gasteiger partial charge in [-0.1, -0.05) is 28.9 Å². The molecule has 5 rings (SSSR count). The summed E-state index contributed by atoms with van der Waals surface area (Å²) in [5.74, 6) is 0.380. The molecule has 140 valence electrons. The van der Waals surface area contributed by atoms with E-state index in [1.807, 2.05) is 35.0 Å². The van der Waals surface area contributed by atoms with Crippen molar-refractivity contribution in [2.24, 2.45) is 0 Å². The van der Waals surface area contributed by atoms with Crippen LogP contribution in [0, 0.1) is 5.82 Å². The molecule has 0 saturated heterocycles. The molecular formula is C20H14ClFN4O2. The molecule has 0 amide bonds. The molecule has 0 saturated carbocycles. The Bertz CT molecular complexity index is 1120. The van der Waals surface area contributed by atoms with E-state index in [2.05, 4.69) is 15.2 Å². The molecule has 0 spiro atoms. The van der Waals surface area contributed by atoms with Gasteiger partial charge < -0.3 is 9.26 Å². The van der Waals surface area contributed by atoms with Gasteiger partial charge in [0, 0.05) is 10.6 Å². The molecule has 0 unspecified atom stereocenters. The molecular weight excluding hydrogens is 383 g/mol. The van der Waals surface area contributed by atoms with Gasteiger partial charge in [-0.2, -0.15) is 10.1 Å². The Balaban J connectivity index is 1.39. The largest absolute Gasteiger partial charge is 0.365 e. The lowest BCUT2D eigenvalue weighted by Crippen LogP contribution is -2.21. The van der Waals surface area contributed by atoms with Crippen LogP contribution in [0.5, 0.6) is 0 Å². The van der Waals surface area contributed by atoms with Crippen LogP contribution in [0.1, 0.15) is 17.4 Å². The van der Waals surface area contributed by atoms with Crippen LogP contribution in [0.3, 0.4) is 0 Å². The maximum Gasteiger partial charge on any atom is 0.278 e. The number of hydrogen-bond donors (Lipinski definition) is 0. The molecule has 2 aromatic carbocycles. The Morgan fingerprint density at radius 2 is 1.86 bits per heavy atom. The van der Waals surface area contributed by atoms with Crippen LogP contribution >= 0.6 is 11.6 Å². The van der Waals surface area contributed by atoms with Gasteiger partial charge in [-0.3, -0.25) is 4.68 Å². The SMILES string of the molecule is Fc1ccc(-c2noc(-c3cc4n(n3)C[C@H](c3ccc(Cl)cc3)OC4)n2)cc1. The Kier molecular flexibility index (Phi) is 4.18. The topological polar surface area (TPSA) is 66.0 Å². The fraction of sp³-hybridized carbons (Fsp3) is 0.150. The standard InChI is InChI=1S/C20H14ClFN4O2/c21-14-5-1-12(2-6-14)18-10-26-16(11-27-18)9-17(24-26)20-23-19(25-28-20)13-3-7-15(22)8-4-13/h1-9,18H,10-11H2/t18-/m1/s1. The van der Waals surface area contributed by atoms with E-state index in [9.17, 15) is 4.39 Å². The van der Waals surface area contributed by atoms with Gasteiger partial charge in [0.25, 0.3) is 5.89 Å². The van der Waals surface area contributed by atoms with Crippen molar-refractivity contribution in [1.29, 1.82) is 0 Å². The van der Waals surface area contributed by atoms with E-state index in [1.54, 1.807) is 12.1 Å². The van der Waals surface area contributed by atoms with E-state index in [1.165, 1.54) is 12.1 Å². The number of nitrogens with zero attached hydrogens (tertiary/aromatic N) is 4. The monoisotopic (exact) mass is 396 g/mol. The summed E-state index contributed by atoms with van der Waals surface area (Å²) < 4.78 is 26.3. The van der Waals surface area contributed by atoms with Crippen molar-refractivity contribution in [3.63, 3.8) is 0 Å². The van der Waals surface area contributed by atoms with Gasteiger partial charge in [0.2, 0.25) is 5.82 Å². The molecule has 0 fully saturated rings. The molecule has 0 aliphatic carbocycles. The van der Waals surface area contributed by atoms with Gasteiger partial charge in [0.1, 0.15) is 11.9 Å². The maximum atomic E-state index is 13.1. The number of benzene rings is 2. The van der Waals surface area contributed by atoms with E-state index in [-0.39, 0.29) is 11.9 Å². The van der Waals surface area contributed by atoms with E-state index >= 15 is 0 Å². The van der Waals surface area contributed by atoms with Crippen LogP contribution < -0.4 is 0 Å². The van der Waals surface area contributed by atoms with E-state index in [0.29, 0.717) is 41.1 Å². The van der Waals surface area contributed by atoms with Crippen molar-refractivity contribution in [2.75, 3.05) is 0 Å². The first-order valence-corrected chi connectivity index (χ1v) is 9.07. The van der Waals surface area contributed by atoms with Gasteiger partial charge in [0.15, 0.2) is 5.69 Å². The van der Waals surface area contributed by atoms with Crippen LogP contribution in [0.15, 0.2) is 59.1 Å². The molecule has 0 radical (unpaired) electrons. The number of hydrogen-bond acceptors (Lipinski definition) is 5. The Morgan fingerprint density at radius 1 is 1.07 bits per heavy atom. The summed E-state index contributed by atoms with van der Waals surface area (Å²) in [7, 11) is 0. The zero-order valence-electron chi connectivity index (χ0n) is 14.5. The lowest BCUT2D eigenvalue weighted by Gasteiger charge is -2.24. The molecule has 1 aliphatic rings. The predicted molar refractivity (Wildman–Crippen MR) is 99.9 cm³/mol. The zero-order valence-corrected chi connectivity index (χ0v) is 15.3. The molecule has 6 nitrogen and oxygen atoms in total. The molecule has 28 heavy (non-hydrogen) atoms. The molecule has 2 aromatic heterocycles. The van der Waals surface area contributed by atoms with Crippen molar-refractivity contribution < 1.29 is 13.7 Å². The van der Waals surface area contributed by atoms with Crippen molar-refractivity contribution >= 4 is 11.6 Å². The smallest absolute Gasteiger partial charge is 0.278 e. The summed E-state index contributed by atoms with van der Waals surface area (Å²) >= 11 is 5.96. The van der Waals surface area contributed by atoms with Crippen molar-refractivity contribution in [3.05, 3.63) is 76.7 Å². The highest BCUT2D eigenvalue weighted by atomic mass is 35.5. The van der Waals surface area contributed by atoms with Crippen molar-refractivity contribution in [3.8, 4) is 23.0 Å². The zero-order chi connectivity index (χ0) is 19.1. The molecule has 3 heterocycles. The van der Waals surface area contributed by atoms with Gasteiger partial charge in [-0.25, -0.2) is 4.39 Å². The summed E-state index contributed by atoms with van der Waals surface area (Å²) in [5, 5.41) is 9.25. The number of rotatable bonds is 3. The minimum Gasteiger partial charge on any atom is -0.365 e. The number of aromatic nitrogens is 4. The van der Waals surface area contributed by atoms with Crippen LogP contribution in [0.25, 0.3) is 23.0 Å². The summed E-state index contributed by atoms with van der Waals surface area (Å²) in [6.07, 6.45) is -0.102. The highest BCUT2D eigenvalue weighted by molar-refractivity contribution is 6.30. The van der Waals surface area contributed by atoms with Gasteiger partial charge in [0.05, 0.1) is 18.8 Å². The van der Waals surface area contributed by atoms with Gasteiger partial charge in [-0.15, -0.1) is 0 Å². The second-order valence-electron chi connectivity index (χ2n) is 6.48. The Labute approximate surface area is 164 Å². The van der Waals surface area contributed by atoms with Gasteiger partial charge in [-0.05, 0) is 48.0 Å². The van der Waals surface area contributed by atoms with Crippen LogP contribution in [-0.2, 0) is 17.9 Å². The normalized spacial score (nSPS) is 16.1. The van der Waals surface area contributed by atoms with Crippen molar-refractivity contribution in [2.45, 2.75) is 19.3 Å². The summed E-state index contributed by atoms with van der Waals surface area (Å²) in [5.41, 5.74) is 3.23. The number of halogens is 2. The van der Waals surface area contributed by atoms with Crippen molar-refractivity contribution in [1.82, 2.24) is 19.9 Å². The lowest BCUT2D eigenvalue weighted by atomic mass is 10.1. The Hall–Kier alpha value is -3.03. The highest BCUT2D eigenvalue weighted by Gasteiger charge is 2.24. The average molecular weight is 397 g/mol. The molecule has 1 atom stereocenters.